The molecule has 0 radical (unpaired) electrons. The Morgan fingerprint density at radius 1 is 1.17 bits per heavy atom. The molecule has 8 unspecified atom stereocenters. The molecule has 2 aliphatic heterocycles. The Balaban J connectivity index is 1.49. The third-order valence-electron chi connectivity index (χ3n) is 10.2. The molecule has 5 fully saturated rings. The highest BCUT2D eigenvalue weighted by atomic mass is 16.6. The van der Waals surface area contributed by atoms with Crippen molar-refractivity contribution in [3.63, 3.8) is 0 Å². The minimum Gasteiger partial charge on any atom is -0.469 e. The van der Waals surface area contributed by atoms with Crippen LogP contribution >= 0.6 is 0 Å². The van der Waals surface area contributed by atoms with Crippen molar-refractivity contribution in [1.82, 2.24) is 0 Å². The van der Waals surface area contributed by atoms with E-state index in [0.717, 1.165) is 37.7 Å². The predicted molar refractivity (Wildman–Crippen MR) is 105 cm³/mol. The summed E-state index contributed by atoms with van der Waals surface area (Å²) in [6, 6.07) is 0. The van der Waals surface area contributed by atoms with Crippen LogP contribution in [0.1, 0.15) is 65.2 Å². The van der Waals surface area contributed by atoms with E-state index in [0.29, 0.717) is 19.3 Å². The molecular formula is C24H30O6. The van der Waals surface area contributed by atoms with E-state index in [4.69, 9.17) is 14.2 Å². The molecule has 0 N–H and O–H groups in total. The summed E-state index contributed by atoms with van der Waals surface area (Å²) < 4.78 is 17.9. The van der Waals surface area contributed by atoms with Gasteiger partial charge in [-0.3, -0.25) is 14.4 Å². The Kier molecular flexibility index (Phi) is 3.53. The molecule has 162 valence electrons. The number of hydrogen-bond acceptors (Lipinski definition) is 6. The third kappa shape index (κ3) is 1.94. The van der Waals surface area contributed by atoms with Crippen molar-refractivity contribution < 1.29 is 28.6 Å². The van der Waals surface area contributed by atoms with Crippen molar-refractivity contribution in [3.8, 4) is 0 Å². The van der Waals surface area contributed by atoms with Crippen molar-refractivity contribution in [3.05, 3.63) is 11.6 Å². The van der Waals surface area contributed by atoms with E-state index in [2.05, 4.69) is 13.8 Å². The topological polar surface area (TPSA) is 82.2 Å². The van der Waals surface area contributed by atoms with Gasteiger partial charge in [0, 0.05) is 29.6 Å². The Hall–Kier alpha value is -1.69. The molecule has 6 heteroatoms. The Bertz CT molecular complexity index is 907. The second-order valence-corrected chi connectivity index (χ2v) is 11.0. The highest BCUT2D eigenvalue weighted by Crippen LogP contribution is 2.78. The van der Waals surface area contributed by atoms with Gasteiger partial charge in [0.15, 0.2) is 5.78 Å². The molecule has 6 nitrogen and oxygen atoms in total. The summed E-state index contributed by atoms with van der Waals surface area (Å²) in [5.74, 6) is -0.201. The molecule has 0 aromatic rings. The zero-order chi connectivity index (χ0) is 21.1. The van der Waals surface area contributed by atoms with Gasteiger partial charge in [-0.15, -0.1) is 0 Å². The van der Waals surface area contributed by atoms with Crippen molar-refractivity contribution in [1.29, 1.82) is 0 Å². The van der Waals surface area contributed by atoms with Gasteiger partial charge in [0.2, 0.25) is 0 Å². The average molecular weight is 414 g/mol. The normalized spacial score (nSPS) is 53.2. The molecule has 2 spiro atoms. The molecular weight excluding hydrogens is 384 g/mol. The average Bonchev–Trinajstić information content (AvgIpc) is 3.20. The van der Waals surface area contributed by atoms with Crippen molar-refractivity contribution >= 4 is 17.7 Å². The molecule has 6 rings (SSSR count). The number of rotatable bonds is 1. The molecule has 8 atom stereocenters. The monoisotopic (exact) mass is 414 g/mol. The number of carbonyl (C=O) groups excluding carboxylic acids is 3. The molecule has 2 heterocycles. The number of ketones is 1. The lowest BCUT2D eigenvalue weighted by Gasteiger charge is -2.58. The highest BCUT2D eigenvalue weighted by molar-refractivity contribution is 5.92. The maximum Gasteiger partial charge on any atom is 0.309 e. The maximum absolute atomic E-state index is 13.0. The van der Waals surface area contributed by atoms with Crippen LogP contribution in [0.3, 0.4) is 0 Å². The number of fused-ring (bicyclic) bond motifs is 4. The zero-order valence-electron chi connectivity index (χ0n) is 18.0. The second kappa shape index (κ2) is 5.56. The van der Waals surface area contributed by atoms with Gasteiger partial charge < -0.3 is 14.2 Å². The molecule has 0 amide bonds. The zero-order valence-corrected chi connectivity index (χ0v) is 18.0. The lowest BCUT2D eigenvalue weighted by atomic mass is 9.43. The fraction of sp³-hybridized carbons (Fsp3) is 0.792. The van der Waals surface area contributed by atoms with E-state index in [1.807, 2.05) is 0 Å². The number of ether oxygens (including phenoxy) is 3. The largest absolute Gasteiger partial charge is 0.469 e. The van der Waals surface area contributed by atoms with E-state index in [1.165, 1.54) is 7.11 Å². The van der Waals surface area contributed by atoms with Crippen molar-refractivity contribution in [2.45, 2.75) is 82.5 Å². The summed E-state index contributed by atoms with van der Waals surface area (Å²) in [4.78, 5) is 37.4. The summed E-state index contributed by atoms with van der Waals surface area (Å²) >= 11 is 0. The first kappa shape index (κ1) is 19.0. The van der Waals surface area contributed by atoms with Gasteiger partial charge in [-0.2, -0.15) is 0 Å². The van der Waals surface area contributed by atoms with Crippen LogP contribution in [0.2, 0.25) is 0 Å². The maximum atomic E-state index is 13.0. The first-order valence-corrected chi connectivity index (χ1v) is 11.4. The van der Waals surface area contributed by atoms with Crippen LogP contribution in [0.5, 0.6) is 0 Å². The molecule has 4 aliphatic carbocycles. The minimum absolute atomic E-state index is 0.0303. The smallest absolute Gasteiger partial charge is 0.309 e. The molecule has 0 aromatic heterocycles. The van der Waals surface area contributed by atoms with Gasteiger partial charge in [0.1, 0.15) is 11.2 Å². The lowest BCUT2D eigenvalue weighted by Crippen LogP contribution is -2.63. The van der Waals surface area contributed by atoms with Gasteiger partial charge in [-0.1, -0.05) is 19.4 Å². The van der Waals surface area contributed by atoms with Gasteiger partial charge in [0.25, 0.3) is 0 Å². The molecule has 30 heavy (non-hydrogen) atoms. The fourth-order valence-corrected chi connectivity index (χ4v) is 8.69. The number of epoxide rings is 1. The van der Waals surface area contributed by atoms with Gasteiger partial charge in [0.05, 0.1) is 19.1 Å². The van der Waals surface area contributed by atoms with Crippen LogP contribution in [-0.4, -0.2) is 42.1 Å². The summed E-state index contributed by atoms with van der Waals surface area (Å²) in [6.07, 6.45) is 7.61. The second-order valence-electron chi connectivity index (χ2n) is 11.0. The van der Waals surface area contributed by atoms with Crippen LogP contribution in [0.25, 0.3) is 0 Å². The highest BCUT2D eigenvalue weighted by Gasteiger charge is 2.83. The van der Waals surface area contributed by atoms with Gasteiger partial charge >= 0.3 is 11.9 Å². The SMILES string of the molecule is COC(=O)C1CC2=CC(=O)CCC2(C)C23OC2CC2(C)C(CCC24CCC(=O)O4)C13. The quantitative estimate of drug-likeness (QED) is 0.484. The molecule has 6 aliphatic rings. The van der Waals surface area contributed by atoms with Crippen LogP contribution in [-0.2, 0) is 28.6 Å². The molecule has 2 saturated heterocycles. The first-order chi connectivity index (χ1) is 14.2. The fourth-order valence-electron chi connectivity index (χ4n) is 8.69. The van der Waals surface area contributed by atoms with E-state index >= 15 is 0 Å². The lowest BCUT2D eigenvalue weighted by molar-refractivity contribution is -0.172. The predicted octanol–water partition coefficient (Wildman–Crippen LogP) is 3.12. The Labute approximate surface area is 176 Å². The molecule has 3 saturated carbocycles. The van der Waals surface area contributed by atoms with Crippen LogP contribution in [0.15, 0.2) is 11.6 Å². The van der Waals surface area contributed by atoms with E-state index in [-0.39, 0.29) is 52.4 Å². The number of carbonyl (C=O) groups is 3. The van der Waals surface area contributed by atoms with Crippen LogP contribution < -0.4 is 0 Å². The summed E-state index contributed by atoms with van der Waals surface area (Å²) in [5.41, 5.74) is -0.175. The summed E-state index contributed by atoms with van der Waals surface area (Å²) in [7, 11) is 1.45. The van der Waals surface area contributed by atoms with E-state index < -0.39 is 11.2 Å². The van der Waals surface area contributed by atoms with Crippen molar-refractivity contribution in [2.24, 2.45) is 28.6 Å². The number of methoxy groups -OCH3 is 1. The van der Waals surface area contributed by atoms with E-state index in [1.54, 1.807) is 6.08 Å². The van der Waals surface area contributed by atoms with E-state index in [9.17, 15) is 14.4 Å². The van der Waals surface area contributed by atoms with Crippen LogP contribution in [0.4, 0.5) is 0 Å². The summed E-state index contributed by atoms with van der Waals surface area (Å²) in [6.45, 7) is 4.51. The van der Waals surface area contributed by atoms with Gasteiger partial charge in [-0.25, -0.2) is 0 Å². The van der Waals surface area contributed by atoms with Gasteiger partial charge in [-0.05, 0) is 50.5 Å². The number of hydrogen-bond donors (Lipinski definition) is 0. The van der Waals surface area contributed by atoms with Crippen molar-refractivity contribution in [2.75, 3.05) is 7.11 Å². The first-order valence-electron chi connectivity index (χ1n) is 11.4. The number of esters is 2. The minimum atomic E-state index is -0.424. The summed E-state index contributed by atoms with van der Waals surface area (Å²) in [5, 5.41) is 0. The Morgan fingerprint density at radius 3 is 2.67 bits per heavy atom. The standard InChI is InChI=1S/C24H30O6/c1-21-7-4-14(25)10-13(21)11-15(20(27)28-3)19-16-5-8-23(9-6-18(26)30-23)22(16,2)12-17-24(19,21)29-17/h10,15-17,19H,4-9,11-12H2,1-3H3. The Morgan fingerprint density at radius 2 is 1.97 bits per heavy atom. The third-order valence-corrected chi connectivity index (χ3v) is 10.2. The molecule has 0 bridgehead atoms. The van der Waals surface area contributed by atoms with Crippen LogP contribution in [0, 0.1) is 28.6 Å². The molecule has 0 aromatic carbocycles.